The van der Waals surface area contributed by atoms with E-state index in [0.29, 0.717) is 18.0 Å². The van der Waals surface area contributed by atoms with Crippen molar-refractivity contribution in [1.82, 2.24) is 5.32 Å². The van der Waals surface area contributed by atoms with Crippen LogP contribution in [0, 0.1) is 0 Å². The fourth-order valence-electron chi connectivity index (χ4n) is 1.77. The van der Waals surface area contributed by atoms with Gasteiger partial charge in [0.05, 0.1) is 5.56 Å². The molecule has 0 fully saturated rings. The third kappa shape index (κ3) is 4.08. The Kier molecular flexibility index (Phi) is 5.64. The maximum Gasteiger partial charge on any atom is 0.252 e. The molecule has 2 rings (SSSR count). The summed E-state index contributed by atoms with van der Waals surface area (Å²) in [5.41, 5.74) is 2.69. The number of carbonyl (C=O) groups excluding carboxylic acids is 1. The minimum absolute atomic E-state index is 0.111. The van der Waals surface area contributed by atoms with Crippen molar-refractivity contribution in [1.29, 1.82) is 0 Å². The van der Waals surface area contributed by atoms with Gasteiger partial charge in [0.1, 0.15) is 0 Å². The molecule has 0 saturated carbocycles. The van der Waals surface area contributed by atoms with Crippen LogP contribution in [0.2, 0.25) is 0 Å². The Morgan fingerprint density at radius 2 is 1.85 bits per heavy atom. The van der Waals surface area contributed by atoms with E-state index in [1.807, 2.05) is 36.4 Å². The zero-order chi connectivity index (χ0) is 14.5. The zero-order valence-electron chi connectivity index (χ0n) is 10.5. The summed E-state index contributed by atoms with van der Waals surface area (Å²) in [5.74, 6) is 0.362. The molecule has 1 N–H and O–H groups in total. The van der Waals surface area contributed by atoms with Crippen LogP contribution >= 0.6 is 43.5 Å². The molecule has 0 aliphatic heterocycles. The first-order valence-electron chi connectivity index (χ1n) is 5.97. The van der Waals surface area contributed by atoms with Crippen molar-refractivity contribution in [2.24, 2.45) is 0 Å². The fourth-order valence-corrected chi connectivity index (χ4v) is 3.17. The van der Waals surface area contributed by atoms with Crippen molar-refractivity contribution in [3.63, 3.8) is 0 Å². The van der Waals surface area contributed by atoms with E-state index in [0.717, 1.165) is 20.1 Å². The van der Waals surface area contributed by atoms with Crippen LogP contribution in [0.4, 0.5) is 0 Å². The summed E-state index contributed by atoms with van der Waals surface area (Å²) in [6, 6.07) is 13.3. The Morgan fingerprint density at radius 1 is 1.10 bits per heavy atom. The van der Waals surface area contributed by atoms with Gasteiger partial charge in [-0.3, -0.25) is 4.79 Å². The summed E-state index contributed by atoms with van der Waals surface area (Å²) >= 11 is 12.5. The van der Waals surface area contributed by atoms with Crippen molar-refractivity contribution in [3.8, 4) is 0 Å². The van der Waals surface area contributed by atoms with Gasteiger partial charge in [0.2, 0.25) is 0 Å². The van der Waals surface area contributed by atoms with Crippen molar-refractivity contribution in [3.05, 3.63) is 68.1 Å². The Hall–Kier alpha value is -0.840. The Bertz CT molecular complexity index is 631. The fraction of sp³-hybridized carbons (Fsp3) is 0.133. The first-order chi connectivity index (χ1) is 9.60. The third-order valence-corrected chi connectivity index (χ3v) is 4.23. The van der Waals surface area contributed by atoms with E-state index in [1.165, 1.54) is 0 Å². The van der Waals surface area contributed by atoms with Gasteiger partial charge in [0, 0.05) is 21.4 Å². The summed E-state index contributed by atoms with van der Waals surface area (Å²) in [5, 5.41) is 2.90. The smallest absolute Gasteiger partial charge is 0.252 e. The highest BCUT2D eigenvalue weighted by Crippen LogP contribution is 2.22. The van der Waals surface area contributed by atoms with Gasteiger partial charge < -0.3 is 5.32 Å². The molecule has 0 saturated heterocycles. The second-order valence-electron chi connectivity index (χ2n) is 4.26. The highest BCUT2D eigenvalue weighted by Gasteiger charge is 2.09. The number of amides is 1. The van der Waals surface area contributed by atoms with Crippen molar-refractivity contribution in [2.45, 2.75) is 12.4 Å². The quantitative estimate of drug-likeness (QED) is 0.706. The van der Waals surface area contributed by atoms with E-state index < -0.39 is 0 Å². The maximum atomic E-state index is 12.1. The number of hydrogen-bond donors (Lipinski definition) is 1. The molecule has 20 heavy (non-hydrogen) atoms. The van der Waals surface area contributed by atoms with E-state index in [1.54, 1.807) is 6.07 Å². The largest absolute Gasteiger partial charge is 0.348 e. The Balaban J connectivity index is 2.04. The van der Waals surface area contributed by atoms with Crippen LogP contribution < -0.4 is 5.32 Å². The van der Waals surface area contributed by atoms with Crippen molar-refractivity contribution >= 4 is 49.4 Å². The molecule has 0 aliphatic carbocycles. The van der Waals surface area contributed by atoms with Gasteiger partial charge >= 0.3 is 0 Å². The molecule has 0 aliphatic rings. The number of nitrogens with one attached hydrogen (secondary N) is 1. The van der Waals surface area contributed by atoms with Crippen LogP contribution in [-0.4, -0.2) is 5.91 Å². The molecule has 2 aromatic rings. The first kappa shape index (κ1) is 15.5. The van der Waals surface area contributed by atoms with E-state index in [2.05, 4.69) is 37.2 Å². The van der Waals surface area contributed by atoms with Crippen LogP contribution in [0.1, 0.15) is 21.5 Å². The lowest BCUT2D eigenvalue weighted by atomic mass is 10.1. The van der Waals surface area contributed by atoms with Gasteiger partial charge in [-0.05, 0) is 45.3 Å². The van der Waals surface area contributed by atoms with Gasteiger partial charge in [-0.2, -0.15) is 0 Å². The summed E-state index contributed by atoms with van der Waals surface area (Å²) in [6.45, 7) is 0.478. The molecular formula is C15H12Br2ClNO. The van der Waals surface area contributed by atoms with Crippen LogP contribution in [0.3, 0.4) is 0 Å². The SMILES string of the molecule is O=C(NCc1cccc(CCl)c1)c1ccc(Br)cc1Br. The van der Waals surface area contributed by atoms with Crippen LogP contribution in [0.25, 0.3) is 0 Å². The number of hydrogen-bond acceptors (Lipinski definition) is 1. The molecule has 0 bridgehead atoms. The maximum absolute atomic E-state index is 12.1. The highest BCUT2D eigenvalue weighted by atomic mass is 79.9. The number of benzene rings is 2. The minimum Gasteiger partial charge on any atom is -0.348 e. The molecule has 0 heterocycles. The van der Waals surface area contributed by atoms with E-state index in [4.69, 9.17) is 11.6 Å². The number of rotatable bonds is 4. The second kappa shape index (κ2) is 7.25. The topological polar surface area (TPSA) is 29.1 Å². The van der Waals surface area contributed by atoms with Gasteiger partial charge in [0.15, 0.2) is 0 Å². The Morgan fingerprint density at radius 3 is 2.55 bits per heavy atom. The predicted molar refractivity (Wildman–Crippen MR) is 89.0 cm³/mol. The third-order valence-electron chi connectivity index (χ3n) is 2.77. The van der Waals surface area contributed by atoms with Crippen LogP contribution in [-0.2, 0) is 12.4 Å². The molecule has 2 aromatic carbocycles. The minimum atomic E-state index is -0.111. The molecule has 0 spiro atoms. The molecular weight excluding hydrogens is 405 g/mol. The van der Waals surface area contributed by atoms with Crippen molar-refractivity contribution in [2.75, 3.05) is 0 Å². The summed E-state index contributed by atoms with van der Waals surface area (Å²) < 4.78 is 1.69. The molecule has 0 radical (unpaired) electrons. The molecule has 1 amide bonds. The lowest BCUT2D eigenvalue weighted by Gasteiger charge is -2.08. The number of carbonyl (C=O) groups is 1. The lowest BCUT2D eigenvalue weighted by molar-refractivity contribution is 0.0950. The monoisotopic (exact) mass is 415 g/mol. The van der Waals surface area contributed by atoms with E-state index >= 15 is 0 Å². The Labute approximate surface area is 139 Å². The molecule has 5 heteroatoms. The van der Waals surface area contributed by atoms with Gasteiger partial charge in [-0.15, -0.1) is 11.6 Å². The molecule has 2 nitrogen and oxygen atoms in total. The normalized spacial score (nSPS) is 10.3. The zero-order valence-corrected chi connectivity index (χ0v) is 14.4. The van der Waals surface area contributed by atoms with Gasteiger partial charge in [-0.1, -0.05) is 40.2 Å². The predicted octanol–water partition coefficient (Wildman–Crippen LogP) is 4.88. The molecule has 0 unspecified atom stereocenters. The second-order valence-corrected chi connectivity index (χ2v) is 6.30. The number of alkyl halides is 1. The van der Waals surface area contributed by atoms with Gasteiger partial charge in [-0.25, -0.2) is 0 Å². The average Bonchev–Trinajstić information content (AvgIpc) is 2.45. The van der Waals surface area contributed by atoms with Crippen molar-refractivity contribution < 1.29 is 4.79 Å². The van der Waals surface area contributed by atoms with Crippen LogP contribution in [0.5, 0.6) is 0 Å². The standard InChI is InChI=1S/C15H12Br2ClNO/c16-12-4-5-13(14(17)7-12)15(20)19-9-11-3-1-2-10(6-11)8-18/h1-7H,8-9H2,(H,19,20). The first-order valence-corrected chi connectivity index (χ1v) is 8.09. The van der Waals surface area contributed by atoms with Gasteiger partial charge in [0.25, 0.3) is 5.91 Å². The van der Waals surface area contributed by atoms with Crippen LogP contribution in [0.15, 0.2) is 51.4 Å². The summed E-state index contributed by atoms with van der Waals surface area (Å²) in [4.78, 5) is 12.1. The average molecular weight is 418 g/mol. The molecule has 104 valence electrons. The molecule has 0 aromatic heterocycles. The molecule has 0 atom stereocenters. The van der Waals surface area contributed by atoms with E-state index in [-0.39, 0.29) is 5.91 Å². The summed E-state index contributed by atoms with van der Waals surface area (Å²) in [7, 11) is 0. The number of halogens is 3. The van der Waals surface area contributed by atoms with E-state index in [9.17, 15) is 4.79 Å². The highest BCUT2D eigenvalue weighted by molar-refractivity contribution is 9.11. The lowest BCUT2D eigenvalue weighted by Crippen LogP contribution is -2.23. The summed E-state index contributed by atoms with van der Waals surface area (Å²) in [6.07, 6.45) is 0.